The molecule has 0 saturated carbocycles. The smallest absolute Gasteiger partial charge is 0.311 e. The Hall–Kier alpha value is -2.70. The fourth-order valence-corrected chi connectivity index (χ4v) is 1.78. The Labute approximate surface area is 107 Å². The first-order valence-electron chi connectivity index (χ1n) is 5.53. The van der Waals surface area contributed by atoms with Crippen LogP contribution in [0.2, 0.25) is 0 Å². The second-order valence-corrected chi connectivity index (χ2v) is 4.11. The number of benzene rings is 1. The van der Waals surface area contributed by atoms with Crippen molar-refractivity contribution in [1.82, 2.24) is 9.97 Å². The molecule has 1 aromatic carbocycles. The van der Waals surface area contributed by atoms with Crippen LogP contribution in [0.15, 0.2) is 33.9 Å². The van der Waals surface area contributed by atoms with Crippen molar-refractivity contribution in [3.8, 4) is 0 Å². The highest BCUT2D eigenvalue weighted by molar-refractivity contribution is 5.35. The van der Waals surface area contributed by atoms with Crippen LogP contribution in [0.5, 0.6) is 0 Å². The van der Waals surface area contributed by atoms with Crippen molar-refractivity contribution in [2.24, 2.45) is 0 Å². The summed E-state index contributed by atoms with van der Waals surface area (Å²) in [6.45, 7) is 1.64. The van der Waals surface area contributed by atoms with Crippen LogP contribution in [0, 0.1) is 17.0 Å². The maximum absolute atomic E-state index is 11.7. The zero-order chi connectivity index (χ0) is 14.0. The summed E-state index contributed by atoms with van der Waals surface area (Å²) in [5, 5.41) is 10.5. The van der Waals surface area contributed by atoms with E-state index >= 15 is 0 Å². The highest BCUT2D eigenvalue weighted by Gasteiger charge is 2.09. The summed E-state index contributed by atoms with van der Waals surface area (Å²) in [4.78, 5) is 37.4. The maximum atomic E-state index is 11.7. The number of nitrogens with zero attached hydrogens (tertiary/aromatic N) is 1. The number of non-ortho nitro benzene ring substituents is 1. The van der Waals surface area contributed by atoms with E-state index in [1.54, 1.807) is 19.1 Å². The molecule has 7 nitrogen and oxygen atoms in total. The predicted octanol–water partition coefficient (Wildman–Crippen LogP) is 0.871. The number of hydrogen-bond acceptors (Lipinski definition) is 4. The second kappa shape index (κ2) is 4.89. The standard InChI is InChI=1S/C12H11N3O4/c1-7-10(11(16)14-12(17)13-7)6-8-2-4-9(5-3-8)15(18)19/h2-5H,6H2,1H3,(H2,13,14,16,17). The van der Waals surface area contributed by atoms with Crippen molar-refractivity contribution in [3.05, 3.63) is 72.0 Å². The molecule has 7 heteroatoms. The largest absolute Gasteiger partial charge is 0.325 e. The predicted molar refractivity (Wildman–Crippen MR) is 68.3 cm³/mol. The van der Waals surface area contributed by atoms with E-state index in [0.29, 0.717) is 17.7 Å². The number of aromatic amines is 2. The quantitative estimate of drug-likeness (QED) is 0.631. The Bertz CT molecular complexity index is 728. The molecule has 2 aromatic rings. The molecule has 0 atom stereocenters. The fraction of sp³-hybridized carbons (Fsp3) is 0.167. The Morgan fingerprint density at radius 1 is 1.16 bits per heavy atom. The molecule has 1 aromatic heterocycles. The van der Waals surface area contributed by atoms with Gasteiger partial charge in [-0.25, -0.2) is 4.79 Å². The fourth-order valence-electron chi connectivity index (χ4n) is 1.78. The molecule has 0 saturated heterocycles. The first kappa shape index (κ1) is 12.7. The summed E-state index contributed by atoms with van der Waals surface area (Å²) in [6.07, 6.45) is 0.302. The molecule has 0 bridgehead atoms. The average Bonchev–Trinajstić information content (AvgIpc) is 2.34. The van der Waals surface area contributed by atoms with Gasteiger partial charge in [0.1, 0.15) is 0 Å². The van der Waals surface area contributed by atoms with Gasteiger partial charge < -0.3 is 4.98 Å². The van der Waals surface area contributed by atoms with Crippen LogP contribution >= 0.6 is 0 Å². The Morgan fingerprint density at radius 3 is 2.32 bits per heavy atom. The van der Waals surface area contributed by atoms with Crippen LogP contribution in [0.25, 0.3) is 0 Å². The lowest BCUT2D eigenvalue weighted by molar-refractivity contribution is -0.384. The van der Waals surface area contributed by atoms with E-state index < -0.39 is 16.2 Å². The van der Waals surface area contributed by atoms with Crippen molar-refractivity contribution in [2.75, 3.05) is 0 Å². The van der Waals surface area contributed by atoms with Crippen LogP contribution in [0.4, 0.5) is 5.69 Å². The van der Waals surface area contributed by atoms with Crippen LogP contribution in [-0.2, 0) is 6.42 Å². The van der Waals surface area contributed by atoms with Gasteiger partial charge in [-0.1, -0.05) is 12.1 Å². The number of rotatable bonds is 3. The van der Waals surface area contributed by atoms with Gasteiger partial charge in [0.2, 0.25) is 0 Å². The summed E-state index contributed by atoms with van der Waals surface area (Å²) >= 11 is 0. The number of aryl methyl sites for hydroxylation is 1. The van der Waals surface area contributed by atoms with Gasteiger partial charge in [-0.15, -0.1) is 0 Å². The molecule has 19 heavy (non-hydrogen) atoms. The van der Waals surface area contributed by atoms with Crippen LogP contribution < -0.4 is 11.2 Å². The molecule has 2 rings (SSSR count). The van der Waals surface area contributed by atoms with E-state index in [4.69, 9.17) is 0 Å². The Kier molecular flexibility index (Phi) is 3.28. The summed E-state index contributed by atoms with van der Waals surface area (Å²) in [5.41, 5.74) is 0.692. The molecule has 1 heterocycles. The third kappa shape index (κ3) is 2.76. The minimum Gasteiger partial charge on any atom is -0.311 e. The minimum atomic E-state index is -0.546. The number of hydrogen-bond donors (Lipinski definition) is 2. The lowest BCUT2D eigenvalue weighted by atomic mass is 10.0. The van der Waals surface area contributed by atoms with Gasteiger partial charge in [0, 0.05) is 29.8 Å². The van der Waals surface area contributed by atoms with Crippen molar-refractivity contribution in [3.63, 3.8) is 0 Å². The highest BCUT2D eigenvalue weighted by Crippen LogP contribution is 2.14. The zero-order valence-corrected chi connectivity index (χ0v) is 10.1. The Balaban J connectivity index is 2.34. The molecule has 0 radical (unpaired) electrons. The molecule has 0 aliphatic rings. The van der Waals surface area contributed by atoms with Crippen molar-refractivity contribution in [1.29, 1.82) is 0 Å². The maximum Gasteiger partial charge on any atom is 0.325 e. The molecule has 0 unspecified atom stereocenters. The molecule has 0 aliphatic heterocycles. The molecule has 0 spiro atoms. The number of nitrogens with one attached hydrogen (secondary N) is 2. The van der Waals surface area contributed by atoms with Crippen molar-refractivity contribution < 1.29 is 4.92 Å². The topological polar surface area (TPSA) is 109 Å². The molecule has 0 amide bonds. The molecule has 2 N–H and O–H groups in total. The van der Waals surface area contributed by atoms with E-state index in [1.807, 2.05) is 0 Å². The van der Waals surface area contributed by atoms with Gasteiger partial charge in [-0.2, -0.15) is 0 Å². The minimum absolute atomic E-state index is 0.00384. The van der Waals surface area contributed by atoms with E-state index in [1.165, 1.54) is 12.1 Å². The summed E-state index contributed by atoms with van der Waals surface area (Å²) in [5.74, 6) is 0. The van der Waals surface area contributed by atoms with Gasteiger partial charge in [0.15, 0.2) is 0 Å². The van der Waals surface area contributed by atoms with Gasteiger partial charge in [0.05, 0.1) is 4.92 Å². The zero-order valence-electron chi connectivity index (χ0n) is 10.1. The monoisotopic (exact) mass is 261 g/mol. The summed E-state index contributed by atoms with van der Waals surface area (Å²) in [7, 11) is 0. The van der Waals surface area contributed by atoms with Crippen molar-refractivity contribution in [2.45, 2.75) is 13.3 Å². The average molecular weight is 261 g/mol. The lowest BCUT2D eigenvalue weighted by Gasteiger charge is -2.04. The van der Waals surface area contributed by atoms with Gasteiger partial charge in [0.25, 0.3) is 11.2 Å². The van der Waals surface area contributed by atoms with Crippen LogP contribution in [-0.4, -0.2) is 14.9 Å². The van der Waals surface area contributed by atoms with E-state index in [9.17, 15) is 19.7 Å². The molecular formula is C12H11N3O4. The van der Waals surface area contributed by atoms with Gasteiger partial charge in [-0.3, -0.25) is 19.9 Å². The SMILES string of the molecule is Cc1[nH]c(=O)[nH]c(=O)c1Cc1ccc([N+](=O)[O-])cc1. The lowest BCUT2D eigenvalue weighted by Crippen LogP contribution is -2.27. The summed E-state index contributed by atoms with van der Waals surface area (Å²) in [6, 6.07) is 5.93. The highest BCUT2D eigenvalue weighted by atomic mass is 16.6. The van der Waals surface area contributed by atoms with E-state index in [0.717, 1.165) is 5.56 Å². The van der Waals surface area contributed by atoms with Crippen LogP contribution in [0.3, 0.4) is 0 Å². The second-order valence-electron chi connectivity index (χ2n) is 4.11. The van der Waals surface area contributed by atoms with Crippen LogP contribution in [0.1, 0.15) is 16.8 Å². The normalized spacial score (nSPS) is 10.4. The molecule has 0 fully saturated rings. The van der Waals surface area contributed by atoms with E-state index in [-0.39, 0.29) is 5.69 Å². The van der Waals surface area contributed by atoms with E-state index in [2.05, 4.69) is 9.97 Å². The first-order chi connectivity index (χ1) is 8.97. The molecular weight excluding hydrogens is 250 g/mol. The number of nitro groups is 1. The third-order valence-electron chi connectivity index (χ3n) is 2.78. The number of aromatic nitrogens is 2. The summed E-state index contributed by atoms with van der Waals surface area (Å²) < 4.78 is 0. The van der Waals surface area contributed by atoms with Gasteiger partial charge >= 0.3 is 5.69 Å². The van der Waals surface area contributed by atoms with Gasteiger partial charge in [-0.05, 0) is 12.5 Å². The first-order valence-corrected chi connectivity index (χ1v) is 5.53. The number of nitro benzene ring substituents is 1. The Morgan fingerprint density at radius 2 is 1.79 bits per heavy atom. The molecule has 0 aliphatic carbocycles. The van der Waals surface area contributed by atoms with Crippen molar-refractivity contribution >= 4 is 5.69 Å². The third-order valence-corrected chi connectivity index (χ3v) is 2.78. The molecule has 98 valence electrons. The number of H-pyrrole nitrogens is 2.